The van der Waals surface area contributed by atoms with Crippen LogP contribution in [0.2, 0.25) is 0 Å². The molecule has 1 spiro atoms. The molecule has 0 bridgehead atoms. The van der Waals surface area contributed by atoms with E-state index in [9.17, 15) is 14.4 Å². The maximum absolute atomic E-state index is 12.4. The van der Waals surface area contributed by atoms with Crippen LogP contribution in [0.25, 0.3) is 0 Å². The molecule has 2 aliphatic rings. The van der Waals surface area contributed by atoms with E-state index >= 15 is 0 Å². The number of carbonyl (C=O) groups excluding carboxylic acids is 3. The third-order valence-corrected chi connectivity index (χ3v) is 4.82. The number of hydrogen-bond donors (Lipinski definition) is 1. The number of ether oxygens (including phenoxy) is 1. The molecular formula is C13H14N2O5S. The molecule has 2 fully saturated rings. The van der Waals surface area contributed by atoms with Crippen molar-refractivity contribution in [3.8, 4) is 0 Å². The molecule has 2 saturated heterocycles. The van der Waals surface area contributed by atoms with Gasteiger partial charge in [0.1, 0.15) is 11.3 Å². The Bertz CT molecular complexity index is 605. The Hall–Kier alpha value is -1.96. The van der Waals surface area contributed by atoms with Gasteiger partial charge in [-0.1, -0.05) is 0 Å². The fourth-order valence-electron chi connectivity index (χ4n) is 2.48. The Morgan fingerprint density at radius 1 is 1.52 bits per heavy atom. The van der Waals surface area contributed by atoms with Crippen LogP contribution in [-0.2, 0) is 16.1 Å². The summed E-state index contributed by atoms with van der Waals surface area (Å²) in [6.07, 6.45) is 0.643. The van der Waals surface area contributed by atoms with E-state index in [4.69, 9.17) is 4.42 Å². The van der Waals surface area contributed by atoms with Crippen LogP contribution in [-0.4, -0.2) is 47.0 Å². The zero-order valence-electron chi connectivity index (χ0n) is 11.4. The van der Waals surface area contributed by atoms with Gasteiger partial charge in [0.05, 0.1) is 13.7 Å². The quantitative estimate of drug-likeness (QED) is 0.661. The molecule has 7 nitrogen and oxygen atoms in total. The summed E-state index contributed by atoms with van der Waals surface area (Å²) in [6.45, 7) is 0.00801. The zero-order chi connectivity index (χ0) is 15.0. The van der Waals surface area contributed by atoms with E-state index in [1.54, 1.807) is 17.8 Å². The molecule has 3 amide bonds. The topological polar surface area (TPSA) is 88.9 Å². The molecule has 1 aromatic heterocycles. The number of thioether (sulfide) groups is 1. The summed E-state index contributed by atoms with van der Waals surface area (Å²) in [7, 11) is 1.25. The number of amides is 3. The second-order valence-electron chi connectivity index (χ2n) is 4.96. The molecule has 2 aliphatic heterocycles. The number of hydrogen-bond acceptors (Lipinski definition) is 6. The van der Waals surface area contributed by atoms with Gasteiger partial charge in [-0.3, -0.25) is 9.69 Å². The Morgan fingerprint density at radius 3 is 3.00 bits per heavy atom. The van der Waals surface area contributed by atoms with E-state index in [0.717, 1.165) is 10.7 Å². The minimum Gasteiger partial charge on any atom is -0.463 e. The van der Waals surface area contributed by atoms with E-state index in [0.29, 0.717) is 17.9 Å². The molecule has 112 valence electrons. The van der Waals surface area contributed by atoms with Gasteiger partial charge in [0, 0.05) is 5.75 Å². The number of nitrogens with zero attached hydrogens (tertiary/aromatic N) is 1. The molecule has 0 aromatic carbocycles. The Kier molecular flexibility index (Phi) is 3.40. The second kappa shape index (κ2) is 5.10. The number of urea groups is 1. The number of imide groups is 1. The molecule has 21 heavy (non-hydrogen) atoms. The molecule has 0 saturated carbocycles. The van der Waals surface area contributed by atoms with Crippen LogP contribution in [0, 0.1) is 0 Å². The molecular weight excluding hydrogens is 296 g/mol. The number of furan rings is 1. The van der Waals surface area contributed by atoms with Crippen molar-refractivity contribution in [3.63, 3.8) is 0 Å². The zero-order valence-corrected chi connectivity index (χ0v) is 12.2. The largest absolute Gasteiger partial charge is 0.463 e. The Balaban J connectivity index is 1.76. The fourth-order valence-corrected chi connectivity index (χ4v) is 3.81. The van der Waals surface area contributed by atoms with Crippen molar-refractivity contribution in [2.75, 3.05) is 18.6 Å². The predicted octanol–water partition coefficient (Wildman–Crippen LogP) is 0.994. The number of nitrogens with one attached hydrogen (secondary N) is 1. The van der Waals surface area contributed by atoms with E-state index < -0.39 is 17.5 Å². The monoisotopic (exact) mass is 310 g/mol. The third-order valence-electron chi connectivity index (χ3n) is 3.63. The van der Waals surface area contributed by atoms with Gasteiger partial charge >= 0.3 is 12.0 Å². The first-order chi connectivity index (χ1) is 10.1. The molecule has 1 atom stereocenters. The lowest BCUT2D eigenvalue weighted by Gasteiger charge is -2.18. The summed E-state index contributed by atoms with van der Waals surface area (Å²) >= 11 is 1.65. The van der Waals surface area contributed by atoms with Crippen LogP contribution in [0.15, 0.2) is 16.5 Å². The summed E-state index contributed by atoms with van der Waals surface area (Å²) in [6, 6.07) is 2.60. The van der Waals surface area contributed by atoms with Gasteiger partial charge in [-0.25, -0.2) is 9.59 Å². The first-order valence-electron chi connectivity index (χ1n) is 6.45. The Labute approximate surface area is 125 Å². The fraction of sp³-hybridized carbons (Fsp3) is 0.462. The maximum Gasteiger partial charge on any atom is 0.373 e. The van der Waals surface area contributed by atoms with E-state index in [-0.39, 0.29) is 18.2 Å². The van der Waals surface area contributed by atoms with Crippen LogP contribution in [0.4, 0.5) is 4.79 Å². The molecule has 0 radical (unpaired) electrons. The van der Waals surface area contributed by atoms with Gasteiger partial charge in [0.2, 0.25) is 5.76 Å². The highest BCUT2D eigenvalue weighted by Gasteiger charge is 2.52. The minimum atomic E-state index is -0.764. The smallest absolute Gasteiger partial charge is 0.373 e. The van der Waals surface area contributed by atoms with Gasteiger partial charge in [0.25, 0.3) is 5.91 Å². The van der Waals surface area contributed by atoms with Crippen LogP contribution in [0.3, 0.4) is 0 Å². The summed E-state index contributed by atoms with van der Waals surface area (Å²) in [5, 5.41) is 2.77. The van der Waals surface area contributed by atoms with Crippen molar-refractivity contribution in [3.05, 3.63) is 23.7 Å². The lowest BCUT2D eigenvalue weighted by molar-refractivity contribution is -0.131. The van der Waals surface area contributed by atoms with Crippen LogP contribution >= 0.6 is 11.8 Å². The average molecular weight is 310 g/mol. The predicted molar refractivity (Wildman–Crippen MR) is 73.8 cm³/mol. The molecule has 3 rings (SSSR count). The highest BCUT2D eigenvalue weighted by molar-refractivity contribution is 7.99. The lowest BCUT2D eigenvalue weighted by atomic mass is 9.99. The SMILES string of the molecule is COC(=O)c1ccc(CN2C(=O)N[C@]3(CCSC3)C2=O)o1. The number of carbonyl (C=O) groups is 3. The highest BCUT2D eigenvalue weighted by Crippen LogP contribution is 2.34. The first-order valence-corrected chi connectivity index (χ1v) is 7.60. The highest BCUT2D eigenvalue weighted by atomic mass is 32.2. The van der Waals surface area contributed by atoms with Crippen LogP contribution in [0.5, 0.6) is 0 Å². The second-order valence-corrected chi connectivity index (χ2v) is 6.07. The molecule has 0 aliphatic carbocycles. The Morgan fingerprint density at radius 2 is 2.33 bits per heavy atom. The maximum atomic E-state index is 12.4. The van der Waals surface area contributed by atoms with Crippen molar-refractivity contribution in [1.82, 2.24) is 10.2 Å². The van der Waals surface area contributed by atoms with Gasteiger partial charge in [-0.2, -0.15) is 11.8 Å². The van der Waals surface area contributed by atoms with Gasteiger partial charge in [0.15, 0.2) is 0 Å². The van der Waals surface area contributed by atoms with Crippen molar-refractivity contribution < 1.29 is 23.5 Å². The van der Waals surface area contributed by atoms with Crippen LogP contribution < -0.4 is 5.32 Å². The number of methoxy groups -OCH3 is 1. The number of rotatable bonds is 3. The standard InChI is InChI=1S/C13H14N2O5S/c1-19-10(16)9-3-2-8(20-9)6-15-11(17)13(14-12(15)18)4-5-21-7-13/h2-3H,4-7H2,1H3,(H,14,18)/t13-/m0/s1. The normalized spacial score (nSPS) is 24.7. The van der Waals surface area contributed by atoms with Gasteiger partial charge in [-0.05, 0) is 24.3 Å². The lowest BCUT2D eigenvalue weighted by Crippen LogP contribution is -2.46. The van der Waals surface area contributed by atoms with Crippen molar-refractivity contribution in [2.24, 2.45) is 0 Å². The van der Waals surface area contributed by atoms with E-state index in [2.05, 4.69) is 10.1 Å². The van der Waals surface area contributed by atoms with Crippen LogP contribution in [0.1, 0.15) is 22.7 Å². The molecule has 0 unspecified atom stereocenters. The molecule has 1 N–H and O–H groups in total. The van der Waals surface area contributed by atoms with Crippen molar-refractivity contribution in [2.45, 2.75) is 18.5 Å². The summed E-state index contributed by atoms with van der Waals surface area (Å²) in [5.74, 6) is 1.04. The average Bonchev–Trinajstić information content (AvgIpc) is 3.17. The summed E-state index contributed by atoms with van der Waals surface area (Å²) in [4.78, 5) is 36.9. The first kappa shape index (κ1) is 14.0. The minimum absolute atomic E-state index is 0.00801. The molecule has 8 heteroatoms. The van der Waals surface area contributed by atoms with Crippen molar-refractivity contribution in [1.29, 1.82) is 0 Å². The van der Waals surface area contributed by atoms with E-state index in [1.165, 1.54) is 13.2 Å². The van der Waals surface area contributed by atoms with E-state index in [1.807, 2.05) is 0 Å². The number of esters is 1. The summed E-state index contributed by atoms with van der Waals surface area (Å²) in [5.41, 5.74) is -0.764. The summed E-state index contributed by atoms with van der Waals surface area (Å²) < 4.78 is 9.84. The third kappa shape index (κ3) is 2.29. The molecule has 1 aromatic rings. The van der Waals surface area contributed by atoms with Gasteiger partial charge in [-0.15, -0.1) is 0 Å². The molecule has 3 heterocycles. The van der Waals surface area contributed by atoms with Crippen molar-refractivity contribution >= 4 is 29.7 Å². The van der Waals surface area contributed by atoms with Gasteiger partial charge < -0.3 is 14.5 Å².